The van der Waals surface area contributed by atoms with Crippen molar-refractivity contribution in [3.05, 3.63) is 0 Å². The van der Waals surface area contributed by atoms with Crippen LogP contribution in [0.1, 0.15) is 121 Å². The third-order valence-electron chi connectivity index (χ3n) is 6.69. The number of hydrogen-bond donors (Lipinski definition) is 2. The fraction of sp³-hybridized carbons (Fsp3) is 1.00. The zero-order chi connectivity index (χ0) is 22.0. The molecule has 170 valence electrons. The van der Waals surface area contributed by atoms with Crippen LogP contribution < -0.4 is 10.6 Å². The summed E-state index contributed by atoms with van der Waals surface area (Å²) in [5, 5.41) is 7.20. The highest BCUT2D eigenvalue weighted by molar-refractivity contribution is 4.80. The number of nitrogens with one attached hydrogen (secondary N) is 2. The van der Waals surface area contributed by atoms with Crippen molar-refractivity contribution in [3.63, 3.8) is 0 Å². The van der Waals surface area contributed by atoms with Crippen molar-refractivity contribution in [2.75, 3.05) is 13.1 Å². The minimum absolute atomic E-state index is 0.236. The summed E-state index contributed by atoms with van der Waals surface area (Å²) in [6.07, 6.45) is 9.40. The van der Waals surface area contributed by atoms with Gasteiger partial charge in [-0.3, -0.25) is 0 Å². The molecule has 0 spiro atoms. The van der Waals surface area contributed by atoms with Gasteiger partial charge in [0, 0.05) is 11.6 Å². The largest absolute Gasteiger partial charge is 0.315 e. The molecule has 0 aromatic rings. The van der Waals surface area contributed by atoms with E-state index in [1.807, 2.05) is 0 Å². The summed E-state index contributed by atoms with van der Waals surface area (Å²) in [5.74, 6) is 1.63. The SMILES string of the molecule is CC(C)NCCCC[C@H](CCC(C)C(C)(C)CCCNC(C)(C)C)C(C)(C)C. The molecule has 2 atom stereocenters. The molecule has 0 aromatic heterocycles. The van der Waals surface area contributed by atoms with Gasteiger partial charge in [-0.15, -0.1) is 0 Å². The minimum atomic E-state index is 0.236. The van der Waals surface area contributed by atoms with Crippen molar-refractivity contribution in [2.45, 2.75) is 133 Å². The van der Waals surface area contributed by atoms with E-state index in [1.54, 1.807) is 0 Å². The molecule has 0 amide bonds. The molecule has 0 heterocycles. The Morgan fingerprint density at radius 1 is 0.679 bits per heavy atom. The van der Waals surface area contributed by atoms with Crippen molar-refractivity contribution >= 4 is 0 Å². The maximum atomic E-state index is 3.64. The first-order valence-corrected chi connectivity index (χ1v) is 12.1. The zero-order valence-corrected chi connectivity index (χ0v) is 21.6. The first-order valence-electron chi connectivity index (χ1n) is 12.1. The van der Waals surface area contributed by atoms with Gasteiger partial charge in [0.25, 0.3) is 0 Å². The Morgan fingerprint density at radius 2 is 1.29 bits per heavy atom. The fourth-order valence-corrected chi connectivity index (χ4v) is 4.01. The molecule has 0 aromatic carbocycles. The summed E-state index contributed by atoms with van der Waals surface area (Å²) >= 11 is 0. The van der Waals surface area contributed by atoms with Crippen LogP contribution in [0.5, 0.6) is 0 Å². The topological polar surface area (TPSA) is 24.1 Å². The van der Waals surface area contributed by atoms with Gasteiger partial charge in [-0.05, 0) is 95.1 Å². The van der Waals surface area contributed by atoms with Crippen molar-refractivity contribution in [1.29, 1.82) is 0 Å². The molecule has 0 aliphatic heterocycles. The second-order valence-corrected chi connectivity index (χ2v) is 12.4. The maximum Gasteiger partial charge on any atom is 0.00965 e. The van der Waals surface area contributed by atoms with E-state index in [-0.39, 0.29) is 5.54 Å². The molecular weight excluding hydrogens is 340 g/mol. The highest BCUT2D eigenvalue weighted by atomic mass is 14.9. The van der Waals surface area contributed by atoms with E-state index in [4.69, 9.17) is 0 Å². The average Bonchev–Trinajstić information content (AvgIpc) is 2.51. The highest BCUT2D eigenvalue weighted by Gasteiger charge is 2.29. The lowest BCUT2D eigenvalue weighted by atomic mass is 9.70. The van der Waals surface area contributed by atoms with Crippen LogP contribution in [0.4, 0.5) is 0 Å². The van der Waals surface area contributed by atoms with Gasteiger partial charge in [-0.25, -0.2) is 0 Å². The average molecular weight is 397 g/mol. The van der Waals surface area contributed by atoms with E-state index in [1.165, 1.54) is 51.5 Å². The summed E-state index contributed by atoms with van der Waals surface area (Å²) < 4.78 is 0. The standard InChI is InChI=1S/C26H56N2/c1-21(2)27-19-13-12-15-23(24(4,5)6)17-16-22(3)26(10,11)18-14-20-28-25(7,8)9/h21-23,27-28H,12-20H2,1-11H3/t22?,23-/m1/s1. The Labute approximate surface area is 179 Å². The fourth-order valence-electron chi connectivity index (χ4n) is 4.01. The normalized spacial score (nSPS) is 15.9. The van der Waals surface area contributed by atoms with Crippen LogP contribution in [0.3, 0.4) is 0 Å². The molecule has 0 radical (unpaired) electrons. The van der Waals surface area contributed by atoms with E-state index in [2.05, 4.69) is 86.8 Å². The molecule has 28 heavy (non-hydrogen) atoms. The molecule has 0 saturated carbocycles. The highest BCUT2D eigenvalue weighted by Crippen LogP contribution is 2.39. The van der Waals surface area contributed by atoms with E-state index >= 15 is 0 Å². The third kappa shape index (κ3) is 14.0. The van der Waals surface area contributed by atoms with Crippen LogP contribution in [0.25, 0.3) is 0 Å². The second kappa shape index (κ2) is 12.6. The Bertz CT molecular complexity index is 384. The van der Waals surface area contributed by atoms with Crippen molar-refractivity contribution in [1.82, 2.24) is 10.6 Å². The van der Waals surface area contributed by atoms with E-state index in [0.717, 1.165) is 18.4 Å². The Morgan fingerprint density at radius 3 is 1.79 bits per heavy atom. The monoisotopic (exact) mass is 396 g/mol. The Kier molecular flexibility index (Phi) is 12.5. The molecular formula is C26H56N2. The Balaban J connectivity index is 4.38. The maximum absolute atomic E-state index is 3.64. The van der Waals surface area contributed by atoms with Gasteiger partial charge < -0.3 is 10.6 Å². The van der Waals surface area contributed by atoms with Crippen molar-refractivity contribution < 1.29 is 0 Å². The predicted octanol–water partition coefficient (Wildman–Crippen LogP) is 7.43. The molecule has 0 aliphatic carbocycles. The predicted molar refractivity (Wildman–Crippen MR) is 129 cm³/mol. The molecule has 2 nitrogen and oxygen atoms in total. The van der Waals surface area contributed by atoms with Crippen molar-refractivity contribution in [3.8, 4) is 0 Å². The molecule has 0 rings (SSSR count). The van der Waals surface area contributed by atoms with Gasteiger partial charge in [-0.1, -0.05) is 61.8 Å². The Hall–Kier alpha value is -0.0800. The number of rotatable bonds is 14. The summed E-state index contributed by atoms with van der Waals surface area (Å²) in [4.78, 5) is 0. The third-order valence-corrected chi connectivity index (χ3v) is 6.69. The number of hydrogen-bond acceptors (Lipinski definition) is 2. The van der Waals surface area contributed by atoms with Gasteiger partial charge in [0.15, 0.2) is 0 Å². The van der Waals surface area contributed by atoms with Gasteiger partial charge in [0.05, 0.1) is 0 Å². The van der Waals surface area contributed by atoms with Crippen LogP contribution in [-0.4, -0.2) is 24.7 Å². The van der Waals surface area contributed by atoms with Crippen LogP contribution >= 0.6 is 0 Å². The van der Waals surface area contributed by atoms with Gasteiger partial charge in [0.1, 0.15) is 0 Å². The van der Waals surface area contributed by atoms with Crippen LogP contribution in [0.2, 0.25) is 0 Å². The second-order valence-electron chi connectivity index (χ2n) is 12.4. The quantitative estimate of drug-likeness (QED) is 0.298. The lowest BCUT2D eigenvalue weighted by molar-refractivity contribution is 0.148. The van der Waals surface area contributed by atoms with Crippen LogP contribution in [-0.2, 0) is 0 Å². The molecule has 2 N–H and O–H groups in total. The van der Waals surface area contributed by atoms with Crippen LogP contribution in [0.15, 0.2) is 0 Å². The van der Waals surface area contributed by atoms with Gasteiger partial charge >= 0.3 is 0 Å². The lowest BCUT2D eigenvalue weighted by Gasteiger charge is -2.36. The molecule has 0 bridgehead atoms. The van der Waals surface area contributed by atoms with Crippen LogP contribution in [0, 0.1) is 22.7 Å². The molecule has 0 fully saturated rings. The molecule has 1 unspecified atom stereocenters. The van der Waals surface area contributed by atoms with Crippen molar-refractivity contribution in [2.24, 2.45) is 22.7 Å². The van der Waals surface area contributed by atoms with Gasteiger partial charge in [0.2, 0.25) is 0 Å². The molecule has 0 aliphatic rings. The van der Waals surface area contributed by atoms with Gasteiger partial charge in [-0.2, -0.15) is 0 Å². The number of unbranched alkanes of at least 4 members (excludes halogenated alkanes) is 1. The van der Waals surface area contributed by atoms with E-state index in [0.29, 0.717) is 16.9 Å². The zero-order valence-electron chi connectivity index (χ0n) is 21.6. The first-order chi connectivity index (χ1) is 12.6. The lowest BCUT2D eigenvalue weighted by Crippen LogP contribution is -2.37. The van der Waals surface area contributed by atoms with E-state index in [9.17, 15) is 0 Å². The molecule has 0 saturated heterocycles. The van der Waals surface area contributed by atoms with E-state index < -0.39 is 0 Å². The summed E-state index contributed by atoms with van der Waals surface area (Å²) in [6.45, 7) is 28.3. The summed E-state index contributed by atoms with van der Waals surface area (Å²) in [7, 11) is 0. The smallest absolute Gasteiger partial charge is 0.00965 e. The molecule has 2 heteroatoms. The first kappa shape index (κ1) is 27.9. The minimum Gasteiger partial charge on any atom is -0.315 e. The summed E-state index contributed by atoms with van der Waals surface area (Å²) in [6, 6.07) is 0.611. The summed E-state index contributed by atoms with van der Waals surface area (Å²) in [5.41, 5.74) is 1.09.